The molecule has 4 rings (SSSR count). The Labute approximate surface area is 159 Å². The van der Waals surface area contributed by atoms with Gasteiger partial charge in [0.2, 0.25) is 0 Å². The lowest BCUT2D eigenvalue weighted by Gasteiger charge is -2.32. The van der Waals surface area contributed by atoms with Crippen molar-refractivity contribution in [1.29, 1.82) is 0 Å². The van der Waals surface area contributed by atoms with E-state index < -0.39 is 17.2 Å². The van der Waals surface area contributed by atoms with E-state index >= 15 is 0 Å². The lowest BCUT2D eigenvalue weighted by atomic mass is 10.2. The minimum Gasteiger partial charge on any atom is -0.328 e. The van der Waals surface area contributed by atoms with Gasteiger partial charge in [0.1, 0.15) is 11.4 Å². The normalized spacial score (nSPS) is 16.1. The van der Waals surface area contributed by atoms with Crippen LogP contribution in [0.1, 0.15) is 29.3 Å². The van der Waals surface area contributed by atoms with Gasteiger partial charge in [-0.3, -0.25) is 23.7 Å². The van der Waals surface area contributed by atoms with Crippen molar-refractivity contribution in [3.63, 3.8) is 0 Å². The average Bonchev–Trinajstić information content (AvgIpc) is 3.14. The number of carbonyl (C=O) groups is 1. The summed E-state index contributed by atoms with van der Waals surface area (Å²) in [4.78, 5) is 43.0. The second-order valence-corrected chi connectivity index (χ2v) is 6.83. The fourth-order valence-electron chi connectivity index (χ4n) is 3.45. The highest BCUT2D eigenvalue weighted by atomic mass is 16.2. The lowest BCUT2D eigenvalue weighted by molar-refractivity contribution is 0.0670. The van der Waals surface area contributed by atoms with Crippen molar-refractivity contribution in [2.75, 3.05) is 6.54 Å². The first-order valence-electron chi connectivity index (χ1n) is 8.80. The molecule has 0 unspecified atom stereocenters. The predicted molar refractivity (Wildman–Crippen MR) is 99.6 cm³/mol. The van der Waals surface area contributed by atoms with Gasteiger partial charge < -0.3 is 9.47 Å². The minimum atomic E-state index is -0.540. The predicted octanol–water partition coefficient (Wildman–Crippen LogP) is -0.0455. The zero-order valence-corrected chi connectivity index (χ0v) is 15.7. The van der Waals surface area contributed by atoms with E-state index in [9.17, 15) is 14.4 Å². The van der Waals surface area contributed by atoms with Gasteiger partial charge >= 0.3 is 5.69 Å². The van der Waals surface area contributed by atoms with Crippen molar-refractivity contribution in [1.82, 2.24) is 33.8 Å². The fourth-order valence-corrected chi connectivity index (χ4v) is 3.45. The maximum Gasteiger partial charge on any atom is 0.331 e. The zero-order valence-electron chi connectivity index (χ0n) is 15.7. The molecule has 1 atom stereocenters. The summed E-state index contributed by atoms with van der Waals surface area (Å²) in [6.45, 7) is 2.58. The molecular formula is C18H19N7O3. The van der Waals surface area contributed by atoms with E-state index in [1.54, 1.807) is 11.1 Å². The lowest BCUT2D eigenvalue weighted by Crippen LogP contribution is -2.45. The Morgan fingerprint density at radius 3 is 2.64 bits per heavy atom. The number of hydrogen-bond acceptors (Lipinski definition) is 6. The van der Waals surface area contributed by atoms with Gasteiger partial charge in [0, 0.05) is 32.9 Å². The Hall–Kier alpha value is -3.56. The molecule has 0 spiro atoms. The summed E-state index contributed by atoms with van der Waals surface area (Å²) in [6.07, 6.45) is 1.69. The molecule has 10 heteroatoms. The number of carbonyl (C=O) groups excluding carboxylic acids is 1. The second kappa shape index (κ2) is 6.55. The summed E-state index contributed by atoms with van der Waals surface area (Å²) in [5.74, 6) is 0.885. The number of hydrogen-bond donors (Lipinski definition) is 0. The van der Waals surface area contributed by atoms with E-state index in [4.69, 9.17) is 0 Å². The summed E-state index contributed by atoms with van der Waals surface area (Å²) in [6, 6.07) is 6.66. The summed E-state index contributed by atoms with van der Waals surface area (Å²) in [5.41, 5.74) is -0.293. The first kappa shape index (κ1) is 17.8. The van der Waals surface area contributed by atoms with Crippen LogP contribution in [0.15, 0.2) is 40.1 Å². The number of aromatic nitrogens is 6. The van der Waals surface area contributed by atoms with Gasteiger partial charge in [0.15, 0.2) is 11.6 Å². The van der Waals surface area contributed by atoms with Crippen LogP contribution in [0.3, 0.4) is 0 Å². The third-order valence-electron chi connectivity index (χ3n) is 4.95. The van der Waals surface area contributed by atoms with E-state index in [0.29, 0.717) is 23.9 Å². The highest BCUT2D eigenvalue weighted by molar-refractivity contribution is 5.92. The SMILES string of the molecule is C[C@H]1CN(C(=O)c2cc(=O)n(C)c(=O)n2C)Cc2nnc(-c3ccccn3)n21. The first-order chi connectivity index (χ1) is 13.4. The molecule has 1 aliphatic heterocycles. The molecule has 0 bridgehead atoms. The van der Waals surface area contributed by atoms with Crippen molar-refractivity contribution < 1.29 is 4.79 Å². The van der Waals surface area contributed by atoms with Crippen LogP contribution in [-0.4, -0.2) is 46.2 Å². The Morgan fingerprint density at radius 1 is 1.14 bits per heavy atom. The number of amides is 1. The molecule has 3 aromatic heterocycles. The smallest absolute Gasteiger partial charge is 0.328 e. The summed E-state index contributed by atoms with van der Waals surface area (Å²) in [7, 11) is 2.85. The highest BCUT2D eigenvalue weighted by Gasteiger charge is 2.31. The Kier molecular flexibility index (Phi) is 4.17. The van der Waals surface area contributed by atoms with Crippen LogP contribution in [0.4, 0.5) is 0 Å². The van der Waals surface area contributed by atoms with Crippen molar-refractivity contribution in [2.45, 2.75) is 19.5 Å². The van der Waals surface area contributed by atoms with E-state index in [1.165, 1.54) is 24.7 Å². The fraction of sp³-hybridized carbons (Fsp3) is 0.333. The molecule has 3 aromatic rings. The number of nitrogens with zero attached hydrogens (tertiary/aromatic N) is 7. The van der Waals surface area contributed by atoms with E-state index in [1.807, 2.05) is 29.7 Å². The molecule has 144 valence electrons. The number of rotatable bonds is 2. The number of fused-ring (bicyclic) bond motifs is 1. The molecule has 0 aliphatic carbocycles. The largest absolute Gasteiger partial charge is 0.331 e. The molecular weight excluding hydrogens is 362 g/mol. The van der Waals surface area contributed by atoms with E-state index in [0.717, 1.165) is 4.57 Å². The van der Waals surface area contributed by atoms with Crippen molar-refractivity contribution in [2.24, 2.45) is 14.1 Å². The third-order valence-corrected chi connectivity index (χ3v) is 4.95. The van der Waals surface area contributed by atoms with Crippen LogP contribution in [0.25, 0.3) is 11.5 Å². The third kappa shape index (κ3) is 2.73. The van der Waals surface area contributed by atoms with Crippen molar-refractivity contribution >= 4 is 5.91 Å². The second-order valence-electron chi connectivity index (χ2n) is 6.83. The van der Waals surface area contributed by atoms with E-state index in [-0.39, 0.29) is 18.3 Å². The maximum absolute atomic E-state index is 13.0. The van der Waals surface area contributed by atoms with Gasteiger partial charge in [0.25, 0.3) is 11.5 Å². The van der Waals surface area contributed by atoms with Crippen LogP contribution < -0.4 is 11.2 Å². The number of pyridine rings is 1. The van der Waals surface area contributed by atoms with Crippen LogP contribution in [0.2, 0.25) is 0 Å². The zero-order chi connectivity index (χ0) is 20.0. The monoisotopic (exact) mass is 381 g/mol. The summed E-state index contributed by atoms with van der Waals surface area (Å²) < 4.78 is 4.12. The molecule has 1 amide bonds. The van der Waals surface area contributed by atoms with Gasteiger partial charge in [-0.15, -0.1) is 10.2 Å². The van der Waals surface area contributed by atoms with Gasteiger partial charge in [-0.25, -0.2) is 4.79 Å². The highest BCUT2D eigenvalue weighted by Crippen LogP contribution is 2.26. The first-order valence-corrected chi connectivity index (χ1v) is 8.80. The van der Waals surface area contributed by atoms with E-state index in [2.05, 4.69) is 15.2 Å². The summed E-state index contributed by atoms with van der Waals surface area (Å²) in [5, 5.41) is 8.47. The standard InChI is InChI=1S/C18H19N7O3/c1-11-9-24(17(27)13-8-15(26)23(3)18(28)22(13)2)10-14-20-21-16(25(11)14)12-6-4-5-7-19-12/h4-8,11H,9-10H2,1-3H3/t11-/m0/s1. The Balaban J connectivity index is 1.70. The maximum atomic E-state index is 13.0. The minimum absolute atomic E-state index is 0.0539. The molecule has 0 aromatic carbocycles. The van der Waals surface area contributed by atoms with Crippen LogP contribution in [-0.2, 0) is 20.6 Å². The molecule has 28 heavy (non-hydrogen) atoms. The van der Waals surface area contributed by atoms with Crippen LogP contribution in [0, 0.1) is 0 Å². The molecule has 0 saturated carbocycles. The Morgan fingerprint density at radius 2 is 1.93 bits per heavy atom. The molecule has 4 heterocycles. The molecule has 1 aliphatic rings. The Bertz CT molecular complexity index is 1180. The average molecular weight is 381 g/mol. The molecule has 0 fully saturated rings. The van der Waals surface area contributed by atoms with Gasteiger partial charge in [-0.2, -0.15) is 0 Å². The quantitative estimate of drug-likeness (QED) is 0.616. The van der Waals surface area contributed by atoms with Gasteiger partial charge in [0.05, 0.1) is 12.6 Å². The molecule has 0 N–H and O–H groups in total. The molecule has 0 radical (unpaired) electrons. The topological polar surface area (TPSA) is 108 Å². The van der Waals surface area contributed by atoms with Gasteiger partial charge in [-0.05, 0) is 19.1 Å². The van der Waals surface area contributed by atoms with Crippen molar-refractivity contribution in [3.05, 3.63) is 62.8 Å². The molecule has 10 nitrogen and oxygen atoms in total. The van der Waals surface area contributed by atoms with Crippen molar-refractivity contribution in [3.8, 4) is 11.5 Å². The molecule has 0 saturated heterocycles. The summed E-state index contributed by atoms with van der Waals surface area (Å²) >= 11 is 0. The van der Waals surface area contributed by atoms with Gasteiger partial charge in [-0.1, -0.05) is 6.07 Å². The van der Waals surface area contributed by atoms with Crippen LogP contribution in [0.5, 0.6) is 0 Å². The van der Waals surface area contributed by atoms with Crippen LogP contribution >= 0.6 is 0 Å².